The predicted molar refractivity (Wildman–Crippen MR) is 108 cm³/mol. The van der Waals surface area contributed by atoms with Crippen molar-refractivity contribution >= 4 is 24.0 Å². The van der Waals surface area contributed by atoms with Crippen LogP contribution in [0, 0.1) is 0 Å². The molecule has 0 aromatic heterocycles. The summed E-state index contributed by atoms with van der Waals surface area (Å²) in [5.74, 6) is -1.23. The predicted octanol–water partition coefficient (Wildman–Crippen LogP) is 2.39. The van der Waals surface area contributed by atoms with Gasteiger partial charge in [-0.1, -0.05) is 20.3 Å². The summed E-state index contributed by atoms with van der Waals surface area (Å²) < 4.78 is 19.6. The molecule has 0 radical (unpaired) electrons. The molecule has 0 unspecified atom stereocenters. The Hall–Kier alpha value is -2.36. The van der Waals surface area contributed by atoms with E-state index in [1.807, 2.05) is 0 Å². The number of rotatable bonds is 16. The van der Waals surface area contributed by atoms with Crippen LogP contribution < -0.4 is 10.6 Å². The number of unbranched alkanes of at least 4 members (excludes halogenated alkanes) is 2. The van der Waals surface area contributed by atoms with Crippen LogP contribution in [-0.2, 0) is 33.3 Å². The maximum atomic E-state index is 11.6. The van der Waals surface area contributed by atoms with Gasteiger partial charge in [0.1, 0.15) is 0 Å². The van der Waals surface area contributed by atoms with Gasteiger partial charge in [0.25, 0.3) is 0 Å². The van der Waals surface area contributed by atoms with E-state index in [0.717, 1.165) is 25.8 Å². The minimum atomic E-state index is -0.909. The number of hydrogen-bond donors (Lipinski definition) is 2. The van der Waals surface area contributed by atoms with Crippen LogP contribution in [0.15, 0.2) is 0 Å². The van der Waals surface area contributed by atoms with Crippen molar-refractivity contribution < 1.29 is 38.1 Å². The molecule has 0 heterocycles. The molecule has 0 aromatic rings. The van der Waals surface area contributed by atoms with Crippen LogP contribution in [0.25, 0.3) is 0 Å². The third-order valence-corrected chi connectivity index (χ3v) is 3.78. The Labute approximate surface area is 178 Å². The first kappa shape index (κ1) is 27.6. The minimum Gasteiger partial charge on any atom is -0.425 e. The van der Waals surface area contributed by atoms with Crippen molar-refractivity contribution in [3.8, 4) is 0 Å². The first-order chi connectivity index (χ1) is 14.3. The third-order valence-electron chi connectivity index (χ3n) is 3.78. The van der Waals surface area contributed by atoms with Crippen LogP contribution in [0.3, 0.4) is 0 Å². The molecule has 2 atom stereocenters. The average molecular weight is 433 g/mol. The molecule has 0 saturated carbocycles. The number of carbonyl (C=O) groups is 4. The summed E-state index contributed by atoms with van der Waals surface area (Å²) >= 11 is 0. The van der Waals surface area contributed by atoms with Gasteiger partial charge in [-0.15, -0.1) is 0 Å². The maximum absolute atomic E-state index is 11.6. The molecule has 0 spiro atoms. The lowest BCUT2D eigenvalue weighted by Crippen LogP contribution is -2.30. The third kappa shape index (κ3) is 16.6. The van der Waals surface area contributed by atoms with Gasteiger partial charge in [0, 0.05) is 39.7 Å². The summed E-state index contributed by atoms with van der Waals surface area (Å²) in [7, 11) is 0. The molecule has 0 aliphatic carbocycles. The summed E-state index contributed by atoms with van der Waals surface area (Å²) in [6.07, 6.45) is 1.58. The molecule has 0 aromatic carbocycles. The fraction of sp³-hybridized carbons (Fsp3) is 0.800. The standard InChI is InChI=1S/C20H36N2O8/c1-5-17(23)27-15(3)29-19(25)11-10-13-21-12-8-7-9-14-22-20(26)30-16(4)28-18(24)6-2/h15-16,21H,5-14H2,1-4H3,(H,22,26)/t15-,16-/m0/s1. The van der Waals surface area contributed by atoms with E-state index >= 15 is 0 Å². The number of alkyl carbamates (subject to hydrolysis) is 1. The van der Waals surface area contributed by atoms with Crippen molar-refractivity contribution in [3.63, 3.8) is 0 Å². The number of hydrogen-bond acceptors (Lipinski definition) is 9. The van der Waals surface area contributed by atoms with E-state index in [4.69, 9.17) is 18.9 Å². The van der Waals surface area contributed by atoms with Gasteiger partial charge in [-0.25, -0.2) is 4.79 Å². The van der Waals surface area contributed by atoms with Crippen molar-refractivity contribution in [2.45, 2.75) is 85.2 Å². The van der Waals surface area contributed by atoms with E-state index in [1.165, 1.54) is 13.8 Å². The molecule has 2 N–H and O–H groups in total. The van der Waals surface area contributed by atoms with Crippen LogP contribution in [0.5, 0.6) is 0 Å². The summed E-state index contributed by atoms with van der Waals surface area (Å²) in [5, 5.41) is 5.84. The maximum Gasteiger partial charge on any atom is 0.410 e. The molecular weight excluding hydrogens is 396 g/mol. The minimum absolute atomic E-state index is 0.225. The second kappa shape index (κ2) is 17.5. The van der Waals surface area contributed by atoms with Gasteiger partial charge in [0.2, 0.25) is 12.6 Å². The molecule has 10 heteroatoms. The van der Waals surface area contributed by atoms with E-state index in [-0.39, 0.29) is 19.3 Å². The van der Waals surface area contributed by atoms with E-state index in [1.54, 1.807) is 13.8 Å². The Morgan fingerprint density at radius 3 is 1.77 bits per heavy atom. The van der Waals surface area contributed by atoms with Gasteiger partial charge in [-0.2, -0.15) is 0 Å². The van der Waals surface area contributed by atoms with Crippen LogP contribution in [0.4, 0.5) is 4.79 Å². The van der Waals surface area contributed by atoms with Gasteiger partial charge in [0.05, 0.1) is 0 Å². The molecule has 0 bridgehead atoms. The van der Waals surface area contributed by atoms with Gasteiger partial charge < -0.3 is 29.6 Å². The zero-order valence-corrected chi connectivity index (χ0v) is 18.5. The molecule has 30 heavy (non-hydrogen) atoms. The molecule has 0 saturated heterocycles. The molecule has 1 amide bonds. The molecule has 0 rings (SSSR count). The lowest BCUT2D eigenvalue weighted by atomic mass is 10.2. The number of amides is 1. The Bertz CT molecular complexity index is 481. The first-order valence-corrected chi connectivity index (χ1v) is 10.5. The highest BCUT2D eigenvalue weighted by Crippen LogP contribution is 2.01. The quantitative estimate of drug-likeness (QED) is 0.214. The summed E-state index contributed by atoms with van der Waals surface area (Å²) in [5.41, 5.74) is 0. The fourth-order valence-electron chi connectivity index (χ4n) is 2.25. The van der Waals surface area contributed by atoms with Crippen LogP contribution >= 0.6 is 0 Å². The lowest BCUT2D eigenvalue weighted by molar-refractivity contribution is -0.184. The molecule has 0 aliphatic rings. The SMILES string of the molecule is CCC(=O)O[C@H](C)OC(=O)CCCNCCCCCNC(=O)O[C@@H](C)OC(=O)CC. The number of carbonyl (C=O) groups excluding carboxylic acids is 4. The summed E-state index contributed by atoms with van der Waals surface area (Å²) in [6, 6.07) is 0. The largest absolute Gasteiger partial charge is 0.425 e. The van der Waals surface area contributed by atoms with Crippen LogP contribution in [0.1, 0.15) is 72.6 Å². The second-order valence-corrected chi connectivity index (χ2v) is 6.56. The Morgan fingerprint density at radius 1 is 0.667 bits per heavy atom. The van der Waals surface area contributed by atoms with Crippen molar-refractivity contribution in [1.82, 2.24) is 10.6 Å². The topological polar surface area (TPSA) is 129 Å². The van der Waals surface area contributed by atoms with Gasteiger partial charge in [-0.05, 0) is 32.4 Å². The Morgan fingerprint density at radius 2 is 1.17 bits per heavy atom. The summed E-state index contributed by atoms with van der Waals surface area (Å²) in [6.45, 7) is 8.28. The van der Waals surface area contributed by atoms with E-state index < -0.39 is 36.6 Å². The van der Waals surface area contributed by atoms with Gasteiger partial charge >= 0.3 is 24.0 Å². The van der Waals surface area contributed by atoms with Crippen molar-refractivity contribution in [2.24, 2.45) is 0 Å². The van der Waals surface area contributed by atoms with Crippen molar-refractivity contribution in [3.05, 3.63) is 0 Å². The van der Waals surface area contributed by atoms with Gasteiger partial charge in [0.15, 0.2) is 0 Å². The van der Waals surface area contributed by atoms with Gasteiger partial charge in [-0.3, -0.25) is 14.4 Å². The Balaban J connectivity index is 3.51. The first-order valence-electron chi connectivity index (χ1n) is 10.5. The highest BCUT2D eigenvalue weighted by atomic mass is 16.7. The average Bonchev–Trinajstić information content (AvgIpc) is 2.68. The lowest BCUT2D eigenvalue weighted by Gasteiger charge is -2.14. The second-order valence-electron chi connectivity index (χ2n) is 6.56. The highest BCUT2D eigenvalue weighted by Gasteiger charge is 2.13. The molecular formula is C20H36N2O8. The zero-order valence-electron chi connectivity index (χ0n) is 18.5. The number of ether oxygens (including phenoxy) is 4. The van der Waals surface area contributed by atoms with Crippen LogP contribution in [-0.4, -0.2) is 56.2 Å². The zero-order chi connectivity index (χ0) is 22.8. The van der Waals surface area contributed by atoms with Crippen LogP contribution in [0.2, 0.25) is 0 Å². The normalized spacial score (nSPS) is 12.4. The Kier molecular flexibility index (Phi) is 16.1. The van der Waals surface area contributed by atoms with Crippen molar-refractivity contribution in [1.29, 1.82) is 0 Å². The smallest absolute Gasteiger partial charge is 0.410 e. The summed E-state index contributed by atoms with van der Waals surface area (Å²) in [4.78, 5) is 45.3. The molecule has 0 fully saturated rings. The molecule has 174 valence electrons. The fourth-order valence-corrected chi connectivity index (χ4v) is 2.25. The monoisotopic (exact) mass is 432 g/mol. The molecule has 10 nitrogen and oxygen atoms in total. The number of nitrogens with one attached hydrogen (secondary N) is 2. The van der Waals surface area contributed by atoms with E-state index in [9.17, 15) is 19.2 Å². The molecule has 0 aliphatic heterocycles. The van der Waals surface area contributed by atoms with E-state index in [2.05, 4.69) is 10.6 Å². The van der Waals surface area contributed by atoms with Crippen molar-refractivity contribution in [2.75, 3.05) is 19.6 Å². The number of esters is 3. The highest BCUT2D eigenvalue weighted by molar-refractivity contribution is 5.71. The van der Waals surface area contributed by atoms with E-state index in [0.29, 0.717) is 19.5 Å².